The third-order valence-electron chi connectivity index (χ3n) is 3.26. The standard InChI is InChI=1S/C17H16ClFN2O3/c1-11(22)21(14-7-8-16(24-2)15(18)9-14)10-17(23)20-13-5-3-12(19)4-6-13/h3-9H,10H2,1-2H3,(H,20,23). The van der Waals surface area contributed by atoms with Gasteiger partial charge in [0.25, 0.3) is 0 Å². The van der Waals surface area contributed by atoms with Gasteiger partial charge in [-0.25, -0.2) is 4.39 Å². The minimum absolute atomic E-state index is 0.199. The molecular weight excluding hydrogens is 335 g/mol. The Balaban J connectivity index is 2.13. The lowest BCUT2D eigenvalue weighted by atomic mass is 10.2. The van der Waals surface area contributed by atoms with E-state index in [0.29, 0.717) is 22.1 Å². The maximum absolute atomic E-state index is 12.9. The van der Waals surface area contributed by atoms with Crippen LogP contribution in [-0.2, 0) is 9.59 Å². The smallest absolute Gasteiger partial charge is 0.244 e. The number of ether oxygens (including phenoxy) is 1. The molecule has 0 aliphatic heterocycles. The molecule has 2 aromatic carbocycles. The number of hydrogen-bond acceptors (Lipinski definition) is 3. The number of benzene rings is 2. The fraction of sp³-hybridized carbons (Fsp3) is 0.176. The van der Waals surface area contributed by atoms with Gasteiger partial charge in [-0.2, -0.15) is 0 Å². The summed E-state index contributed by atoms with van der Waals surface area (Å²) in [5.74, 6) is -0.653. The molecule has 0 unspecified atom stereocenters. The summed E-state index contributed by atoms with van der Waals surface area (Å²) in [6, 6.07) is 10.2. The van der Waals surface area contributed by atoms with E-state index >= 15 is 0 Å². The summed E-state index contributed by atoms with van der Waals surface area (Å²) in [6.45, 7) is 1.15. The van der Waals surface area contributed by atoms with Gasteiger partial charge in [0.2, 0.25) is 11.8 Å². The summed E-state index contributed by atoms with van der Waals surface area (Å²) < 4.78 is 17.9. The Morgan fingerprint density at radius 1 is 1.21 bits per heavy atom. The Hall–Kier alpha value is -2.60. The van der Waals surface area contributed by atoms with Crippen molar-refractivity contribution >= 4 is 34.8 Å². The normalized spacial score (nSPS) is 10.2. The van der Waals surface area contributed by atoms with E-state index in [1.54, 1.807) is 18.2 Å². The zero-order valence-electron chi connectivity index (χ0n) is 13.2. The first-order valence-electron chi connectivity index (χ1n) is 7.07. The van der Waals surface area contributed by atoms with E-state index in [-0.39, 0.29) is 12.5 Å². The van der Waals surface area contributed by atoms with Gasteiger partial charge in [0.15, 0.2) is 0 Å². The van der Waals surface area contributed by atoms with Gasteiger partial charge in [-0.15, -0.1) is 0 Å². The van der Waals surface area contributed by atoms with Gasteiger partial charge in [0.05, 0.1) is 12.1 Å². The molecule has 0 heterocycles. The van der Waals surface area contributed by atoms with Gasteiger partial charge in [0.1, 0.15) is 18.1 Å². The highest BCUT2D eigenvalue weighted by molar-refractivity contribution is 6.32. The maximum atomic E-state index is 12.9. The van der Waals surface area contributed by atoms with E-state index in [9.17, 15) is 14.0 Å². The summed E-state index contributed by atoms with van der Waals surface area (Å²) in [5.41, 5.74) is 0.917. The van der Waals surface area contributed by atoms with Gasteiger partial charge in [-0.05, 0) is 42.5 Å². The first-order valence-corrected chi connectivity index (χ1v) is 7.45. The van der Waals surface area contributed by atoms with Crippen LogP contribution in [0.25, 0.3) is 0 Å². The van der Waals surface area contributed by atoms with Crippen molar-refractivity contribution in [3.63, 3.8) is 0 Å². The molecule has 126 valence electrons. The second-order valence-corrected chi connectivity index (χ2v) is 5.39. The van der Waals surface area contributed by atoms with Crippen LogP contribution < -0.4 is 15.0 Å². The molecule has 0 bridgehead atoms. The van der Waals surface area contributed by atoms with Gasteiger partial charge in [-0.3, -0.25) is 9.59 Å². The number of hydrogen-bond donors (Lipinski definition) is 1. The van der Waals surface area contributed by atoms with Crippen LogP contribution in [0.1, 0.15) is 6.92 Å². The van der Waals surface area contributed by atoms with Gasteiger partial charge >= 0.3 is 0 Å². The van der Waals surface area contributed by atoms with Gasteiger partial charge in [-0.1, -0.05) is 11.6 Å². The van der Waals surface area contributed by atoms with E-state index in [2.05, 4.69) is 5.32 Å². The average molecular weight is 351 g/mol. The van der Waals surface area contributed by atoms with E-state index in [0.717, 1.165) is 0 Å². The largest absolute Gasteiger partial charge is 0.495 e. The van der Waals surface area contributed by atoms with Crippen LogP contribution in [0.5, 0.6) is 5.75 Å². The highest BCUT2D eigenvalue weighted by Crippen LogP contribution is 2.29. The number of nitrogens with zero attached hydrogens (tertiary/aromatic N) is 1. The summed E-state index contributed by atoms with van der Waals surface area (Å²) >= 11 is 6.06. The first-order chi connectivity index (χ1) is 11.4. The number of rotatable bonds is 5. The fourth-order valence-electron chi connectivity index (χ4n) is 2.08. The molecule has 2 aromatic rings. The Morgan fingerprint density at radius 3 is 2.42 bits per heavy atom. The first kappa shape index (κ1) is 17.7. The summed E-state index contributed by atoms with van der Waals surface area (Å²) in [6.07, 6.45) is 0. The average Bonchev–Trinajstić information content (AvgIpc) is 2.54. The van der Waals surface area contributed by atoms with Crippen molar-refractivity contribution in [3.05, 3.63) is 53.3 Å². The highest BCUT2D eigenvalue weighted by atomic mass is 35.5. The van der Waals surface area contributed by atoms with E-state index < -0.39 is 11.7 Å². The molecule has 5 nitrogen and oxygen atoms in total. The zero-order chi connectivity index (χ0) is 17.7. The lowest BCUT2D eigenvalue weighted by molar-refractivity contribution is -0.120. The van der Waals surface area contributed by atoms with Gasteiger partial charge < -0.3 is 15.0 Å². The molecule has 0 aliphatic rings. The lowest BCUT2D eigenvalue weighted by Crippen LogP contribution is -2.36. The monoisotopic (exact) mass is 350 g/mol. The molecule has 2 amide bonds. The minimum Gasteiger partial charge on any atom is -0.495 e. The molecule has 0 saturated heterocycles. The summed E-state index contributed by atoms with van der Waals surface area (Å²) in [5, 5.41) is 2.94. The number of amides is 2. The number of anilines is 2. The van der Waals surface area contributed by atoms with Crippen LogP contribution in [0.15, 0.2) is 42.5 Å². The predicted octanol–water partition coefficient (Wildman–Crippen LogP) is 3.48. The topological polar surface area (TPSA) is 58.6 Å². The molecule has 2 rings (SSSR count). The third kappa shape index (κ3) is 4.45. The van der Waals surface area contributed by atoms with Crippen molar-refractivity contribution < 1.29 is 18.7 Å². The predicted molar refractivity (Wildman–Crippen MR) is 91.1 cm³/mol. The van der Waals surface area contributed by atoms with E-state index in [1.165, 1.54) is 43.2 Å². The molecule has 1 N–H and O–H groups in total. The molecular formula is C17H16ClFN2O3. The molecule has 0 atom stereocenters. The number of methoxy groups -OCH3 is 1. The van der Waals surface area contributed by atoms with Crippen LogP contribution in [0.3, 0.4) is 0 Å². The van der Waals surface area contributed by atoms with Crippen LogP contribution in [0.4, 0.5) is 15.8 Å². The molecule has 0 fully saturated rings. The minimum atomic E-state index is -0.413. The van der Waals surface area contributed by atoms with Crippen LogP contribution >= 0.6 is 11.6 Å². The molecule has 0 aliphatic carbocycles. The molecule has 0 aromatic heterocycles. The Kier molecular flexibility index (Phi) is 5.76. The highest BCUT2D eigenvalue weighted by Gasteiger charge is 2.17. The van der Waals surface area contributed by atoms with Crippen molar-refractivity contribution in [2.24, 2.45) is 0 Å². The second kappa shape index (κ2) is 7.79. The van der Waals surface area contributed by atoms with Crippen molar-refractivity contribution in [1.82, 2.24) is 0 Å². The molecule has 7 heteroatoms. The molecule has 24 heavy (non-hydrogen) atoms. The Bertz CT molecular complexity index is 750. The van der Waals surface area contributed by atoms with Crippen molar-refractivity contribution in [2.45, 2.75) is 6.92 Å². The quantitative estimate of drug-likeness (QED) is 0.898. The van der Waals surface area contributed by atoms with E-state index in [4.69, 9.17) is 16.3 Å². The summed E-state index contributed by atoms with van der Waals surface area (Å²) in [4.78, 5) is 25.3. The number of carbonyl (C=O) groups is 2. The fourth-order valence-corrected chi connectivity index (χ4v) is 2.34. The lowest BCUT2D eigenvalue weighted by Gasteiger charge is -2.21. The number of halogens is 2. The van der Waals surface area contributed by atoms with Crippen molar-refractivity contribution in [3.8, 4) is 5.75 Å². The molecule has 0 saturated carbocycles. The molecule has 0 radical (unpaired) electrons. The Morgan fingerprint density at radius 2 is 1.88 bits per heavy atom. The van der Waals surface area contributed by atoms with Gasteiger partial charge in [0, 0.05) is 18.3 Å². The Labute approximate surface area is 144 Å². The molecule has 0 spiro atoms. The zero-order valence-corrected chi connectivity index (χ0v) is 13.9. The van der Waals surface area contributed by atoms with Crippen molar-refractivity contribution in [1.29, 1.82) is 0 Å². The third-order valence-corrected chi connectivity index (χ3v) is 3.55. The van der Waals surface area contributed by atoms with Crippen LogP contribution in [-0.4, -0.2) is 25.5 Å². The van der Waals surface area contributed by atoms with E-state index in [1.807, 2.05) is 0 Å². The maximum Gasteiger partial charge on any atom is 0.244 e. The van der Waals surface area contributed by atoms with Crippen molar-refractivity contribution in [2.75, 3.05) is 23.9 Å². The number of carbonyl (C=O) groups excluding carboxylic acids is 2. The van der Waals surface area contributed by atoms with Crippen LogP contribution in [0, 0.1) is 5.82 Å². The second-order valence-electron chi connectivity index (χ2n) is 4.98. The summed E-state index contributed by atoms with van der Waals surface area (Å²) in [7, 11) is 1.49. The number of nitrogens with one attached hydrogen (secondary N) is 1. The van der Waals surface area contributed by atoms with Crippen LogP contribution in [0.2, 0.25) is 5.02 Å². The SMILES string of the molecule is COc1ccc(N(CC(=O)Nc2ccc(F)cc2)C(C)=O)cc1Cl.